The largest absolute Gasteiger partial charge is 0.387 e. The molecule has 1 aliphatic heterocycles. The van der Waals surface area contributed by atoms with Gasteiger partial charge in [-0.25, -0.2) is 10.0 Å². The number of nitrogens with zero attached hydrogens (tertiary/aromatic N) is 4. The van der Waals surface area contributed by atoms with Crippen molar-refractivity contribution in [3.05, 3.63) is 46.6 Å². The van der Waals surface area contributed by atoms with Crippen molar-refractivity contribution in [3.8, 4) is 0 Å². The van der Waals surface area contributed by atoms with Crippen LogP contribution in [-0.2, 0) is 11.3 Å². The topological polar surface area (TPSA) is 60.3 Å². The zero-order chi connectivity index (χ0) is 20.7. The third kappa shape index (κ3) is 4.47. The Hall–Kier alpha value is -2.54. The fourth-order valence-corrected chi connectivity index (χ4v) is 4.44. The first kappa shape index (κ1) is 21.8. The summed E-state index contributed by atoms with van der Waals surface area (Å²) in [4.78, 5) is 19.1. The lowest BCUT2D eigenvalue weighted by molar-refractivity contribution is -0.118. The average molecular weight is 400 g/mol. The first-order valence-electron chi connectivity index (χ1n) is 9.26. The Morgan fingerprint density at radius 3 is 2.75 bits per heavy atom. The minimum absolute atomic E-state index is 0.0705. The fourth-order valence-electron chi connectivity index (χ4n) is 3.34. The van der Waals surface area contributed by atoms with Crippen molar-refractivity contribution < 1.29 is 4.79 Å². The van der Waals surface area contributed by atoms with Crippen LogP contribution in [0.5, 0.6) is 0 Å². The van der Waals surface area contributed by atoms with E-state index in [1.165, 1.54) is 5.01 Å². The molecule has 0 fully saturated rings. The molecule has 2 rings (SSSR count). The molecule has 0 saturated carbocycles. The number of rotatable bonds is 10. The van der Waals surface area contributed by atoms with Gasteiger partial charge in [-0.1, -0.05) is 37.8 Å². The summed E-state index contributed by atoms with van der Waals surface area (Å²) in [6, 6.07) is 6.11. The summed E-state index contributed by atoms with van der Waals surface area (Å²) in [7, 11) is 3.87. The van der Waals surface area contributed by atoms with E-state index in [1.807, 2.05) is 38.5 Å². The summed E-state index contributed by atoms with van der Waals surface area (Å²) in [6.07, 6.45) is 4.40. The highest BCUT2D eigenvalue weighted by Crippen LogP contribution is 2.39. The fraction of sp³-hybridized carbons (Fsp3) is 0.381. The molecule has 0 aliphatic carbocycles. The number of nitrogens with one attached hydrogen (secondary N) is 1. The molecule has 28 heavy (non-hydrogen) atoms. The average Bonchev–Trinajstić information content (AvgIpc) is 2.94. The van der Waals surface area contributed by atoms with Crippen molar-refractivity contribution >= 4 is 42.9 Å². The number of hydrogen-bond donors (Lipinski definition) is 1. The maximum atomic E-state index is 11.7. The molecule has 2 atom stereocenters. The molecule has 0 radical (unpaired) electrons. The molecular weight excluding hydrogens is 370 g/mol. The van der Waals surface area contributed by atoms with Crippen molar-refractivity contribution in [2.45, 2.75) is 26.4 Å². The second-order valence-corrected chi connectivity index (χ2v) is 7.77. The SMILES string of the molecule is C=Cc1cccc(CN(C=O)/N=C\C2C(SCC)=C(N=C)N(C)C2C)c1NC. The summed E-state index contributed by atoms with van der Waals surface area (Å²) in [5.74, 6) is 1.90. The number of anilines is 1. The van der Waals surface area contributed by atoms with Gasteiger partial charge in [-0.2, -0.15) is 5.10 Å². The number of thioether (sulfide) groups is 1. The smallest absolute Gasteiger partial charge is 0.230 e. The van der Waals surface area contributed by atoms with Crippen LogP contribution in [-0.4, -0.2) is 55.1 Å². The summed E-state index contributed by atoms with van der Waals surface area (Å²) in [5.41, 5.74) is 2.92. The molecule has 150 valence electrons. The second kappa shape index (κ2) is 10.1. The van der Waals surface area contributed by atoms with E-state index in [0.29, 0.717) is 6.54 Å². The van der Waals surface area contributed by atoms with Crippen LogP contribution in [0.15, 0.2) is 45.6 Å². The van der Waals surface area contributed by atoms with Gasteiger partial charge < -0.3 is 10.2 Å². The lowest BCUT2D eigenvalue weighted by Gasteiger charge is -2.22. The van der Waals surface area contributed by atoms with Crippen molar-refractivity contribution in [2.75, 3.05) is 25.2 Å². The highest BCUT2D eigenvalue weighted by atomic mass is 32.2. The van der Waals surface area contributed by atoms with E-state index in [4.69, 9.17) is 0 Å². The van der Waals surface area contributed by atoms with Crippen LogP contribution in [0.25, 0.3) is 6.08 Å². The van der Waals surface area contributed by atoms with Gasteiger partial charge in [0.1, 0.15) is 5.82 Å². The van der Waals surface area contributed by atoms with Crippen molar-refractivity contribution in [1.82, 2.24) is 9.91 Å². The highest BCUT2D eigenvalue weighted by Gasteiger charge is 2.35. The zero-order valence-electron chi connectivity index (χ0n) is 17.1. The van der Waals surface area contributed by atoms with Crippen LogP contribution < -0.4 is 5.32 Å². The minimum Gasteiger partial charge on any atom is -0.387 e. The third-order valence-corrected chi connectivity index (χ3v) is 5.97. The number of benzene rings is 1. The third-order valence-electron chi connectivity index (χ3n) is 4.92. The highest BCUT2D eigenvalue weighted by molar-refractivity contribution is 8.03. The van der Waals surface area contributed by atoms with Gasteiger partial charge in [-0.05, 0) is 30.5 Å². The van der Waals surface area contributed by atoms with E-state index < -0.39 is 0 Å². The summed E-state index contributed by atoms with van der Waals surface area (Å²) in [6.45, 7) is 12.2. The lowest BCUT2D eigenvalue weighted by atomic mass is 10.1. The minimum atomic E-state index is 0.0705. The molecule has 1 aromatic carbocycles. The number of hydrazone groups is 1. The molecule has 7 heteroatoms. The second-order valence-electron chi connectivity index (χ2n) is 6.46. The normalized spacial score (nSPS) is 19.2. The first-order chi connectivity index (χ1) is 13.5. The van der Waals surface area contributed by atoms with Gasteiger partial charge in [0, 0.05) is 36.9 Å². The Morgan fingerprint density at radius 2 is 2.18 bits per heavy atom. The standard InChI is InChI=1S/C21H29N5OS/c1-7-16-10-9-11-17(19(16)22-4)13-26(14-27)24-12-18-15(3)25(6)21(23-5)20(18)28-8-2/h7,9-12,14-15,18,22H,1,5,8,13H2,2-4,6H3/b24-12-. The van der Waals surface area contributed by atoms with Gasteiger partial charge in [-0.15, -0.1) is 11.8 Å². The van der Waals surface area contributed by atoms with Crippen LogP contribution in [0.2, 0.25) is 0 Å². The summed E-state index contributed by atoms with van der Waals surface area (Å²) < 4.78 is 0. The molecule has 0 spiro atoms. The van der Waals surface area contributed by atoms with Crippen molar-refractivity contribution in [2.24, 2.45) is 16.0 Å². The zero-order valence-corrected chi connectivity index (χ0v) is 17.9. The molecule has 6 nitrogen and oxygen atoms in total. The molecule has 0 aromatic heterocycles. The molecule has 1 heterocycles. The monoisotopic (exact) mass is 399 g/mol. The Labute approximate surface area is 172 Å². The molecule has 1 aromatic rings. The number of carbonyl (C=O) groups excluding carboxylic acids is 1. The van der Waals surface area contributed by atoms with Crippen molar-refractivity contribution in [1.29, 1.82) is 0 Å². The molecule has 0 saturated heterocycles. The molecule has 1 N–H and O–H groups in total. The predicted molar refractivity (Wildman–Crippen MR) is 122 cm³/mol. The van der Waals surface area contributed by atoms with Gasteiger partial charge in [0.25, 0.3) is 0 Å². The van der Waals surface area contributed by atoms with Crippen LogP contribution in [0.3, 0.4) is 0 Å². The number of hydrogen-bond acceptors (Lipinski definition) is 6. The van der Waals surface area contributed by atoms with Gasteiger partial charge in [0.15, 0.2) is 0 Å². The first-order valence-corrected chi connectivity index (χ1v) is 10.2. The number of aliphatic imine (C=N–C) groups is 1. The van der Waals surface area contributed by atoms with Gasteiger partial charge >= 0.3 is 0 Å². The number of carbonyl (C=O) groups is 1. The molecular formula is C21H29N5OS. The van der Waals surface area contributed by atoms with Crippen LogP contribution >= 0.6 is 11.8 Å². The van der Waals surface area contributed by atoms with Gasteiger partial charge in [-0.3, -0.25) is 4.79 Å². The maximum absolute atomic E-state index is 11.7. The lowest BCUT2D eigenvalue weighted by Crippen LogP contribution is -2.29. The molecule has 1 amide bonds. The Bertz CT molecular complexity index is 789. The number of para-hydroxylation sites is 1. The van der Waals surface area contributed by atoms with E-state index in [0.717, 1.165) is 39.7 Å². The maximum Gasteiger partial charge on any atom is 0.230 e. The van der Waals surface area contributed by atoms with E-state index in [-0.39, 0.29) is 12.0 Å². The van der Waals surface area contributed by atoms with Crippen LogP contribution in [0.1, 0.15) is 25.0 Å². The molecule has 0 bridgehead atoms. The summed E-state index contributed by atoms with van der Waals surface area (Å²) >= 11 is 1.75. The van der Waals surface area contributed by atoms with Gasteiger partial charge in [0.05, 0.1) is 12.5 Å². The van der Waals surface area contributed by atoms with E-state index in [1.54, 1.807) is 17.8 Å². The quantitative estimate of drug-likeness (QED) is 0.368. The van der Waals surface area contributed by atoms with Crippen LogP contribution in [0.4, 0.5) is 5.69 Å². The Balaban J connectivity index is 2.26. The Morgan fingerprint density at radius 1 is 1.43 bits per heavy atom. The predicted octanol–water partition coefficient (Wildman–Crippen LogP) is 3.89. The van der Waals surface area contributed by atoms with Crippen molar-refractivity contribution in [3.63, 3.8) is 0 Å². The Kier molecular flexibility index (Phi) is 7.87. The van der Waals surface area contributed by atoms with E-state index in [2.05, 4.69) is 47.5 Å². The van der Waals surface area contributed by atoms with E-state index >= 15 is 0 Å². The van der Waals surface area contributed by atoms with E-state index in [9.17, 15) is 4.79 Å². The number of amides is 1. The van der Waals surface area contributed by atoms with Crippen LogP contribution in [0, 0.1) is 5.92 Å². The summed E-state index contributed by atoms with van der Waals surface area (Å²) in [5, 5.41) is 9.10. The van der Waals surface area contributed by atoms with Gasteiger partial charge in [0.2, 0.25) is 6.41 Å². The molecule has 2 unspecified atom stereocenters. The molecule has 1 aliphatic rings.